The predicted molar refractivity (Wildman–Crippen MR) is 60.0 cm³/mol. The van der Waals surface area contributed by atoms with E-state index in [0.717, 1.165) is 0 Å². The van der Waals surface area contributed by atoms with Gasteiger partial charge in [-0.3, -0.25) is 7.05 Å². The third kappa shape index (κ3) is 5.69. The molecular weight excluding hydrogens is 206 g/mol. The van der Waals surface area contributed by atoms with Crippen LogP contribution in [0.2, 0.25) is 0 Å². The van der Waals surface area contributed by atoms with Crippen LogP contribution >= 0.6 is 0 Å². The molecule has 0 fully saturated rings. The molecule has 0 atom stereocenters. The second-order valence-corrected chi connectivity index (χ2v) is 3.84. The zero-order valence-electron chi connectivity index (χ0n) is 10.2. The maximum atomic E-state index is 3.47. The Morgan fingerprint density at radius 3 is 1.21 bits per heavy atom. The van der Waals surface area contributed by atoms with E-state index in [1.54, 1.807) is 4.90 Å². The summed E-state index contributed by atoms with van der Waals surface area (Å²) in [5, 5.41) is 0. The molecule has 78 valence electrons. The van der Waals surface area contributed by atoms with Crippen LogP contribution < -0.4 is 0 Å². The van der Waals surface area contributed by atoms with Crippen LogP contribution in [-0.2, 0) is 21.7 Å². The van der Waals surface area contributed by atoms with Crippen LogP contribution in [0.3, 0.4) is 0 Å². The van der Waals surface area contributed by atoms with Crippen molar-refractivity contribution in [3.63, 3.8) is 0 Å². The number of aryl methyl sites for hydroxylation is 2. The van der Waals surface area contributed by atoms with Crippen LogP contribution in [0.15, 0.2) is 6.07 Å². The molecule has 0 saturated heterocycles. The van der Waals surface area contributed by atoms with E-state index >= 15 is 0 Å². The van der Waals surface area contributed by atoms with E-state index < -0.39 is 0 Å². The first-order chi connectivity index (χ1) is 5.86. The Morgan fingerprint density at radius 2 is 1.14 bits per heavy atom. The van der Waals surface area contributed by atoms with Crippen molar-refractivity contribution in [1.29, 1.82) is 0 Å². The largest absolute Gasteiger partial charge is 2.00 e. The zero-order valence-corrected chi connectivity index (χ0v) is 11.8. The molecule has 0 radical (unpaired) electrons. The van der Waals surface area contributed by atoms with Crippen molar-refractivity contribution < 1.29 is 21.7 Å². The molecule has 1 rings (SSSR count). The first-order valence-corrected chi connectivity index (χ1v) is 4.54. The van der Waals surface area contributed by atoms with Crippen molar-refractivity contribution in [3.05, 3.63) is 35.4 Å². The molecule has 14 heavy (non-hydrogen) atoms. The van der Waals surface area contributed by atoms with Gasteiger partial charge in [0.25, 0.3) is 0 Å². The minimum atomic E-state index is 0. The van der Waals surface area contributed by atoms with Gasteiger partial charge in [0.1, 0.15) is 0 Å². The average Bonchev–Trinajstić information content (AvgIpc) is 2.17. The summed E-state index contributed by atoms with van der Waals surface area (Å²) in [6.07, 6.45) is 0. The molecule has 0 aliphatic rings. The maximum absolute atomic E-state index is 3.47. The van der Waals surface area contributed by atoms with Crippen molar-refractivity contribution in [2.45, 2.75) is 27.7 Å². The normalized spacial score (nSPS) is 9.14. The van der Waals surface area contributed by atoms with Gasteiger partial charge < -0.3 is 4.90 Å². The van der Waals surface area contributed by atoms with Gasteiger partial charge in [-0.15, -0.1) is 0 Å². The summed E-state index contributed by atoms with van der Waals surface area (Å²) < 4.78 is 0. The van der Waals surface area contributed by atoms with E-state index in [1.807, 2.05) is 14.1 Å². The fourth-order valence-electron chi connectivity index (χ4n) is 1.13. The second-order valence-electron chi connectivity index (χ2n) is 3.84. The Bertz CT molecular complexity index is 236. The van der Waals surface area contributed by atoms with Crippen molar-refractivity contribution in [3.8, 4) is 0 Å². The number of rotatable bonds is 0. The molecule has 0 N–H and O–H groups in total. The van der Waals surface area contributed by atoms with E-state index in [4.69, 9.17) is 0 Å². The predicted octanol–water partition coefficient (Wildman–Crippen LogP) is 2.98. The Morgan fingerprint density at radius 1 is 0.929 bits per heavy atom. The van der Waals surface area contributed by atoms with Gasteiger partial charge >= 0.3 is 21.7 Å². The third-order valence-electron chi connectivity index (χ3n) is 2.18. The minimum absolute atomic E-state index is 0. The molecule has 0 aromatic heterocycles. The average molecular weight is 227 g/mol. The molecule has 1 aromatic carbocycles. The van der Waals surface area contributed by atoms with Crippen LogP contribution in [0.25, 0.3) is 0 Å². The first-order valence-electron chi connectivity index (χ1n) is 4.54. The summed E-state index contributed by atoms with van der Waals surface area (Å²) in [5.74, 6) is 0. The molecule has 1 nitrogen and oxygen atoms in total. The van der Waals surface area contributed by atoms with Gasteiger partial charge in [-0.25, -0.2) is 0 Å². The summed E-state index contributed by atoms with van der Waals surface area (Å²) in [4.78, 5) is 1.75. The first kappa shape index (κ1) is 16.5. The van der Waals surface area contributed by atoms with Gasteiger partial charge in [0, 0.05) is 0 Å². The van der Waals surface area contributed by atoms with Crippen molar-refractivity contribution in [2.75, 3.05) is 14.1 Å². The van der Waals surface area contributed by atoms with Crippen LogP contribution in [-0.4, -0.2) is 19.0 Å². The Labute approximate surface area is 104 Å². The van der Waals surface area contributed by atoms with E-state index in [9.17, 15) is 0 Å². The Balaban J connectivity index is 0. The van der Waals surface area contributed by atoms with Crippen LogP contribution in [0.4, 0.5) is 0 Å². The van der Waals surface area contributed by atoms with Gasteiger partial charge in [-0.2, -0.15) is 28.3 Å². The summed E-state index contributed by atoms with van der Waals surface area (Å²) in [6, 6.07) is 2.24. The molecule has 0 spiro atoms. The summed E-state index contributed by atoms with van der Waals surface area (Å²) in [5.41, 5.74) is 5.75. The molecule has 0 amide bonds. The van der Waals surface area contributed by atoms with Crippen LogP contribution in [0.5, 0.6) is 0 Å². The molecule has 0 bridgehead atoms. The fourth-order valence-corrected chi connectivity index (χ4v) is 1.13. The molecule has 0 unspecified atom stereocenters. The zero-order chi connectivity index (χ0) is 10.6. The fraction of sp³-hybridized carbons (Fsp3) is 0.500. The van der Waals surface area contributed by atoms with Crippen LogP contribution in [0, 0.1) is 34.7 Å². The Hall–Kier alpha value is 0.0243. The summed E-state index contributed by atoms with van der Waals surface area (Å²) in [7, 11) is 7.25. The number of hydrogen-bond donors (Lipinski definition) is 0. The standard InChI is InChI=1S/C9H13.C3H8N.Ti/c1-6-5-7(2)9(4)8(6)3;1-4(2)3;/h5H,1-4H3;1H2,2-3H3;/q2*-1;+2. The quantitative estimate of drug-likeness (QED) is 0.486. The number of hydrogen-bond acceptors (Lipinski definition) is 1. The van der Waals surface area contributed by atoms with Crippen LogP contribution in [0.1, 0.15) is 22.3 Å². The SMILES string of the molecule is Cc1[cH-]c(C)c(C)c1C.[CH2-]N(C)C.[Ti+2]. The van der Waals surface area contributed by atoms with Gasteiger partial charge in [0.2, 0.25) is 0 Å². The summed E-state index contributed by atoms with van der Waals surface area (Å²) >= 11 is 0. The minimum Gasteiger partial charge on any atom is -0.464 e. The molecule has 0 aliphatic carbocycles. The van der Waals surface area contributed by atoms with Gasteiger partial charge in [0.15, 0.2) is 0 Å². The van der Waals surface area contributed by atoms with E-state index in [2.05, 4.69) is 40.8 Å². The topological polar surface area (TPSA) is 3.24 Å². The van der Waals surface area contributed by atoms with Gasteiger partial charge in [0.05, 0.1) is 0 Å². The second kappa shape index (κ2) is 7.33. The summed E-state index contributed by atoms with van der Waals surface area (Å²) in [6.45, 7) is 8.68. The third-order valence-corrected chi connectivity index (χ3v) is 2.18. The molecule has 0 heterocycles. The van der Waals surface area contributed by atoms with E-state index in [1.165, 1.54) is 22.3 Å². The molecular formula is C12H21NTi. The van der Waals surface area contributed by atoms with Gasteiger partial charge in [-0.05, 0) is 14.1 Å². The van der Waals surface area contributed by atoms with E-state index in [0.29, 0.717) is 0 Å². The van der Waals surface area contributed by atoms with Crippen molar-refractivity contribution in [1.82, 2.24) is 4.90 Å². The van der Waals surface area contributed by atoms with Gasteiger partial charge in [-0.1, -0.05) is 27.7 Å². The smallest absolute Gasteiger partial charge is 0.464 e. The van der Waals surface area contributed by atoms with E-state index in [-0.39, 0.29) is 21.7 Å². The number of nitrogens with zero attached hydrogens (tertiary/aromatic N) is 1. The monoisotopic (exact) mass is 227 g/mol. The molecule has 0 aliphatic heterocycles. The Kier molecular flexibility index (Phi) is 8.62. The molecule has 1 aromatic rings. The van der Waals surface area contributed by atoms with Crippen molar-refractivity contribution >= 4 is 0 Å². The maximum Gasteiger partial charge on any atom is 2.00 e. The van der Waals surface area contributed by atoms with Crippen molar-refractivity contribution in [2.24, 2.45) is 0 Å². The molecule has 2 heteroatoms. The molecule has 0 saturated carbocycles.